The van der Waals surface area contributed by atoms with Crippen molar-refractivity contribution in [3.8, 4) is 5.75 Å². The smallest absolute Gasteiger partial charge is 0.274 e. The molecule has 0 bridgehead atoms. The van der Waals surface area contributed by atoms with Gasteiger partial charge < -0.3 is 4.74 Å². The van der Waals surface area contributed by atoms with Crippen LogP contribution in [0.3, 0.4) is 0 Å². The number of benzene rings is 3. The molecule has 9 heteroatoms. The van der Waals surface area contributed by atoms with Gasteiger partial charge in [0.05, 0.1) is 28.5 Å². The molecule has 2 amide bonds. The van der Waals surface area contributed by atoms with Gasteiger partial charge in [0.1, 0.15) is 17.7 Å². The molecule has 0 aliphatic carbocycles. The number of para-hydroxylation sites is 4. The lowest BCUT2D eigenvalue weighted by atomic mass is 9.89. The molecule has 2 aliphatic rings. The summed E-state index contributed by atoms with van der Waals surface area (Å²) in [6.45, 7) is 2.17. The van der Waals surface area contributed by atoms with Gasteiger partial charge in [0.2, 0.25) is 5.91 Å². The fourth-order valence-electron chi connectivity index (χ4n) is 4.59. The Morgan fingerprint density at radius 3 is 2.35 bits per heavy atom. The molecule has 9 nitrogen and oxygen atoms in total. The van der Waals surface area contributed by atoms with Crippen molar-refractivity contribution in [2.75, 3.05) is 16.6 Å². The van der Waals surface area contributed by atoms with Crippen LogP contribution < -0.4 is 14.7 Å². The van der Waals surface area contributed by atoms with E-state index in [1.165, 1.54) is 11.1 Å². The predicted molar refractivity (Wildman–Crippen MR) is 123 cm³/mol. The molecular formula is C25H21N3O6. The number of imide groups is 1. The molecule has 0 N–H and O–H groups in total. The Hall–Kier alpha value is -4.24. The average Bonchev–Trinajstić information content (AvgIpc) is 3.36. The van der Waals surface area contributed by atoms with Gasteiger partial charge >= 0.3 is 0 Å². The molecule has 5 rings (SSSR count). The number of fused-ring (bicyclic) bond motifs is 1. The number of carbonyl (C=O) groups excluding carboxylic acids is 2. The number of hydrogen-bond donors (Lipinski definition) is 0. The zero-order valence-electron chi connectivity index (χ0n) is 18.2. The lowest BCUT2D eigenvalue weighted by Crippen LogP contribution is -2.37. The summed E-state index contributed by atoms with van der Waals surface area (Å²) in [4.78, 5) is 45.7. The molecule has 3 atom stereocenters. The number of amides is 2. The molecule has 3 aromatic carbocycles. The summed E-state index contributed by atoms with van der Waals surface area (Å²) < 4.78 is 5.63. The molecule has 0 saturated carbocycles. The molecule has 0 radical (unpaired) electrons. The number of ether oxygens (including phenoxy) is 1. The lowest BCUT2D eigenvalue weighted by Gasteiger charge is -2.28. The van der Waals surface area contributed by atoms with Crippen molar-refractivity contribution in [1.29, 1.82) is 0 Å². The second-order valence-corrected chi connectivity index (χ2v) is 7.89. The number of carbonyl (C=O) groups is 2. The zero-order valence-corrected chi connectivity index (χ0v) is 18.2. The molecule has 2 heterocycles. The van der Waals surface area contributed by atoms with Crippen molar-refractivity contribution in [2.45, 2.75) is 19.1 Å². The van der Waals surface area contributed by atoms with E-state index in [-0.39, 0.29) is 5.69 Å². The highest BCUT2D eigenvalue weighted by molar-refractivity contribution is 6.24. The van der Waals surface area contributed by atoms with Crippen LogP contribution in [0.2, 0.25) is 0 Å². The van der Waals surface area contributed by atoms with E-state index in [9.17, 15) is 19.7 Å². The fraction of sp³-hybridized carbons (Fsp3) is 0.200. The Bertz CT molecular complexity index is 1260. The molecule has 0 unspecified atom stereocenters. The van der Waals surface area contributed by atoms with E-state index in [0.29, 0.717) is 29.3 Å². The Labute approximate surface area is 195 Å². The van der Waals surface area contributed by atoms with Crippen LogP contribution in [0.15, 0.2) is 78.9 Å². The molecule has 3 aromatic rings. The number of anilines is 2. The average molecular weight is 459 g/mol. The van der Waals surface area contributed by atoms with Crippen molar-refractivity contribution in [3.05, 3.63) is 94.5 Å². The summed E-state index contributed by atoms with van der Waals surface area (Å²) in [7, 11) is 0. The van der Waals surface area contributed by atoms with Gasteiger partial charge in [-0.3, -0.25) is 24.5 Å². The third-order valence-electron chi connectivity index (χ3n) is 5.98. The largest absolute Gasteiger partial charge is 0.492 e. The monoisotopic (exact) mass is 459 g/mol. The third-order valence-corrected chi connectivity index (χ3v) is 5.98. The van der Waals surface area contributed by atoms with Gasteiger partial charge in [-0.15, -0.1) is 0 Å². The molecule has 2 aliphatic heterocycles. The van der Waals surface area contributed by atoms with Crippen LogP contribution in [-0.4, -0.2) is 29.4 Å². The maximum atomic E-state index is 13.8. The van der Waals surface area contributed by atoms with Crippen LogP contribution in [0.25, 0.3) is 0 Å². The number of rotatable bonds is 6. The van der Waals surface area contributed by atoms with Crippen molar-refractivity contribution in [1.82, 2.24) is 0 Å². The van der Waals surface area contributed by atoms with Crippen LogP contribution in [0.4, 0.5) is 17.1 Å². The van der Waals surface area contributed by atoms with Crippen molar-refractivity contribution in [3.63, 3.8) is 0 Å². The van der Waals surface area contributed by atoms with E-state index < -0.39 is 34.8 Å². The number of nitro benzene ring substituents is 1. The normalized spacial score (nSPS) is 21.6. The van der Waals surface area contributed by atoms with Gasteiger partial charge in [-0.05, 0) is 37.3 Å². The second-order valence-electron chi connectivity index (χ2n) is 7.89. The molecule has 0 aromatic heterocycles. The Kier molecular flexibility index (Phi) is 5.46. The first-order valence-electron chi connectivity index (χ1n) is 10.9. The van der Waals surface area contributed by atoms with Gasteiger partial charge in [-0.25, -0.2) is 9.96 Å². The molecular weight excluding hydrogens is 438 g/mol. The SMILES string of the molecule is CCOc1ccccc1N1C(=O)[C@@H]2[C@@H](c3ccccc3[N+](=O)[O-])N(c3ccccc3)O[C@H]2C1=O. The van der Waals surface area contributed by atoms with Gasteiger partial charge in [0.15, 0.2) is 6.10 Å². The molecule has 34 heavy (non-hydrogen) atoms. The van der Waals surface area contributed by atoms with Gasteiger partial charge in [-0.1, -0.05) is 42.5 Å². The summed E-state index contributed by atoms with van der Waals surface area (Å²) in [5.74, 6) is -1.62. The number of hydroxylamine groups is 1. The van der Waals surface area contributed by atoms with Gasteiger partial charge in [0, 0.05) is 6.07 Å². The number of hydrogen-bond acceptors (Lipinski definition) is 7. The second kappa shape index (κ2) is 8.60. The van der Waals surface area contributed by atoms with E-state index in [4.69, 9.17) is 9.57 Å². The van der Waals surface area contributed by atoms with Crippen molar-refractivity contribution in [2.24, 2.45) is 5.92 Å². The van der Waals surface area contributed by atoms with Crippen LogP contribution in [0.5, 0.6) is 5.75 Å². The van der Waals surface area contributed by atoms with Crippen LogP contribution >= 0.6 is 0 Å². The van der Waals surface area contributed by atoms with Crippen LogP contribution in [0.1, 0.15) is 18.5 Å². The highest BCUT2D eigenvalue weighted by Crippen LogP contribution is 2.50. The first-order chi connectivity index (χ1) is 16.5. The summed E-state index contributed by atoms with van der Waals surface area (Å²) >= 11 is 0. The Balaban J connectivity index is 1.63. The van der Waals surface area contributed by atoms with E-state index in [2.05, 4.69) is 0 Å². The van der Waals surface area contributed by atoms with Gasteiger partial charge in [-0.2, -0.15) is 0 Å². The third kappa shape index (κ3) is 3.37. The summed E-state index contributed by atoms with van der Waals surface area (Å²) in [5, 5.41) is 13.3. The summed E-state index contributed by atoms with van der Waals surface area (Å²) in [5.41, 5.74) is 1.06. The highest BCUT2D eigenvalue weighted by atomic mass is 16.7. The zero-order chi connectivity index (χ0) is 23.8. The predicted octanol–water partition coefficient (Wildman–Crippen LogP) is 4.04. The maximum absolute atomic E-state index is 13.8. The van der Waals surface area contributed by atoms with E-state index >= 15 is 0 Å². The molecule has 0 spiro atoms. The maximum Gasteiger partial charge on any atom is 0.274 e. The van der Waals surface area contributed by atoms with Crippen molar-refractivity contribution >= 4 is 28.9 Å². The first kappa shape index (κ1) is 21.6. The molecule has 2 saturated heterocycles. The minimum absolute atomic E-state index is 0.147. The minimum Gasteiger partial charge on any atom is -0.492 e. The summed E-state index contributed by atoms with van der Waals surface area (Å²) in [6.07, 6.45) is -1.13. The lowest BCUT2D eigenvalue weighted by molar-refractivity contribution is -0.385. The topological polar surface area (TPSA) is 102 Å². The molecule has 2 fully saturated rings. The molecule has 172 valence electrons. The number of nitro groups is 1. The Morgan fingerprint density at radius 1 is 0.941 bits per heavy atom. The van der Waals surface area contributed by atoms with E-state index in [0.717, 1.165) is 4.90 Å². The quantitative estimate of drug-likeness (QED) is 0.311. The first-order valence-corrected chi connectivity index (χ1v) is 10.9. The summed E-state index contributed by atoms with van der Waals surface area (Å²) in [6, 6.07) is 21.0. The number of nitrogens with zero attached hydrogens (tertiary/aromatic N) is 3. The highest BCUT2D eigenvalue weighted by Gasteiger charge is 2.61. The van der Waals surface area contributed by atoms with Crippen LogP contribution in [0, 0.1) is 16.0 Å². The fourth-order valence-corrected chi connectivity index (χ4v) is 4.59. The van der Waals surface area contributed by atoms with Crippen molar-refractivity contribution < 1.29 is 24.1 Å². The van der Waals surface area contributed by atoms with E-state index in [1.54, 1.807) is 66.7 Å². The van der Waals surface area contributed by atoms with Crippen LogP contribution in [-0.2, 0) is 14.4 Å². The minimum atomic E-state index is -1.13. The Morgan fingerprint density at radius 2 is 1.62 bits per heavy atom. The standard InChI is InChI=1S/C25H21N3O6/c1-2-33-20-15-9-8-14-19(20)26-24(29)21-22(17-12-6-7-13-18(17)28(31)32)27(34-23(21)25(26)30)16-10-4-3-5-11-16/h3-15,21-23H,2H2,1H3/t21-,22-,23-/m1/s1. The van der Waals surface area contributed by atoms with E-state index in [1.807, 2.05) is 13.0 Å². The van der Waals surface area contributed by atoms with Gasteiger partial charge in [0.25, 0.3) is 11.6 Å².